The lowest BCUT2D eigenvalue weighted by molar-refractivity contribution is -0.121. The van der Waals surface area contributed by atoms with E-state index >= 15 is 0 Å². The Morgan fingerprint density at radius 1 is 1.16 bits per heavy atom. The highest BCUT2D eigenvalue weighted by atomic mass is 35.5. The second-order valence-electron chi connectivity index (χ2n) is 7.15. The van der Waals surface area contributed by atoms with E-state index in [1.807, 2.05) is 6.07 Å². The van der Waals surface area contributed by atoms with Crippen LogP contribution in [0.3, 0.4) is 0 Å². The van der Waals surface area contributed by atoms with Crippen LogP contribution in [0.25, 0.3) is 0 Å². The summed E-state index contributed by atoms with van der Waals surface area (Å²) >= 11 is 5.99. The zero-order valence-electron chi connectivity index (χ0n) is 18.0. The van der Waals surface area contributed by atoms with Gasteiger partial charge in [0.2, 0.25) is 10.0 Å². The Morgan fingerprint density at radius 2 is 1.84 bits per heavy atom. The van der Waals surface area contributed by atoms with Crippen LogP contribution in [0, 0.1) is 11.3 Å². The summed E-state index contributed by atoms with van der Waals surface area (Å²) in [6.45, 7) is 2.99. The molecule has 0 N–H and O–H groups in total. The molecule has 0 aromatic heterocycles. The molecule has 0 saturated carbocycles. The molecule has 0 fully saturated rings. The predicted molar refractivity (Wildman–Crippen MR) is 121 cm³/mol. The summed E-state index contributed by atoms with van der Waals surface area (Å²) in [7, 11) is -2.33. The normalized spacial score (nSPS) is 11.3. The van der Waals surface area contributed by atoms with Crippen molar-refractivity contribution in [2.75, 3.05) is 25.1 Å². The number of esters is 1. The lowest BCUT2D eigenvalue weighted by atomic mass is 10.2. The smallest absolute Gasteiger partial charge is 0.338 e. The van der Waals surface area contributed by atoms with Crippen molar-refractivity contribution in [3.63, 3.8) is 0 Å². The number of nitriles is 1. The standard InChI is InChI=1S/C22H24ClN3O5S/c1-16(2)25(3)32(29,30)20-10-4-7-17(13-20)22(28)31-15-21(27)26(12-6-11-24)19-9-5-8-18(23)14-19/h4-5,7-10,13-14,16H,6,12,15H2,1-3H3. The summed E-state index contributed by atoms with van der Waals surface area (Å²) in [6.07, 6.45) is 0.0788. The molecule has 2 aromatic rings. The van der Waals surface area contributed by atoms with Crippen molar-refractivity contribution in [2.24, 2.45) is 0 Å². The third-order valence-corrected chi connectivity index (χ3v) is 6.93. The zero-order valence-corrected chi connectivity index (χ0v) is 19.6. The van der Waals surface area contributed by atoms with Gasteiger partial charge in [0.25, 0.3) is 5.91 Å². The first-order valence-electron chi connectivity index (χ1n) is 9.76. The molecule has 0 aliphatic rings. The van der Waals surface area contributed by atoms with Gasteiger partial charge < -0.3 is 9.64 Å². The first-order chi connectivity index (χ1) is 15.1. The number of nitrogens with zero attached hydrogens (tertiary/aromatic N) is 3. The Morgan fingerprint density at radius 3 is 2.47 bits per heavy atom. The van der Waals surface area contributed by atoms with Gasteiger partial charge in [0, 0.05) is 30.3 Å². The number of ether oxygens (including phenoxy) is 1. The van der Waals surface area contributed by atoms with E-state index in [0.717, 1.165) is 0 Å². The monoisotopic (exact) mass is 477 g/mol. The van der Waals surface area contributed by atoms with E-state index in [1.54, 1.807) is 38.1 Å². The van der Waals surface area contributed by atoms with Crippen LogP contribution >= 0.6 is 11.6 Å². The van der Waals surface area contributed by atoms with Gasteiger partial charge in [-0.3, -0.25) is 4.79 Å². The van der Waals surface area contributed by atoms with Crippen LogP contribution in [0.5, 0.6) is 0 Å². The minimum atomic E-state index is -3.78. The summed E-state index contributed by atoms with van der Waals surface area (Å²) in [5.74, 6) is -1.38. The van der Waals surface area contributed by atoms with Crippen molar-refractivity contribution >= 4 is 39.2 Å². The van der Waals surface area contributed by atoms with Crippen LogP contribution in [0.2, 0.25) is 5.02 Å². The van der Waals surface area contributed by atoms with Crippen molar-refractivity contribution in [2.45, 2.75) is 31.2 Å². The molecule has 0 bridgehead atoms. The molecule has 1 amide bonds. The molecule has 0 aliphatic heterocycles. The fourth-order valence-corrected chi connectivity index (χ4v) is 4.32. The number of sulfonamides is 1. The number of benzene rings is 2. The molecule has 0 heterocycles. The van der Waals surface area contributed by atoms with Crippen molar-refractivity contribution < 1.29 is 22.7 Å². The molecule has 32 heavy (non-hydrogen) atoms. The Labute approximate surface area is 193 Å². The minimum Gasteiger partial charge on any atom is -0.452 e. The summed E-state index contributed by atoms with van der Waals surface area (Å²) in [4.78, 5) is 26.4. The number of anilines is 1. The van der Waals surface area contributed by atoms with Gasteiger partial charge in [0.05, 0.1) is 22.9 Å². The average molecular weight is 478 g/mol. The van der Waals surface area contributed by atoms with Gasteiger partial charge >= 0.3 is 5.97 Å². The van der Waals surface area contributed by atoms with Gasteiger partial charge in [-0.25, -0.2) is 13.2 Å². The second kappa shape index (κ2) is 11.1. The number of amides is 1. The van der Waals surface area contributed by atoms with Crippen LogP contribution in [0.4, 0.5) is 5.69 Å². The summed E-state index contributed by atoms with van der Waals surface area (Å²) in [6, 6.07) is 13.7. The van der Waals surface area contributed by atoms with Gasteiger partial charge in [-0.15, -0.1) is 0 Å². The number of hydrogen-bond acceptors (Lipinski definition) is 6. The maximum absolute atomic E-state index is 12.7. The topological polar surface area (TPSA) is 108 Å². The molecule has 2 rings (SSSR count). The van der Waals surface area contributed by atoms with Crippen LogP contribution in [-0.2, 0) is 19.6 Å². The quantitative estimate of drug-likeness (QED) is 0.511. The van der Waals surface area contributed by atoms with E-state index in [1.165, 1.54) is 40.5 Å². The molecular formula is C22H24ClN3O5S. The maximum atomic E-state index is 12.7. The van der Waals surface area contributed by atoms with E-state index in [9.17, 15) is 18.0 Å². The van der Waals surface area contributed by atoms with Crippen molar-refractivity contribution in [3.05, 3.63) is 59.1 Å². The molecule has 0 saturated heterocycles. The predicted octanol–water partition coefficient (Wildman–Crippen LogP) is 3.47. The Kier molecular flexibility index (Phi) is 8.78. The van der Waals surface area contributed by atoms with E-state index in [0.29, 0.717) is 10.7 Å². The fraction of sp³-hybridized carbons (Fsp3) is 0.318. The molecule has 170 valence electrons. The Bertz CT molecular complexity index is 1130. The minimum absolute atomic E-state index is 0.00219. The summed E-state index contributed by atoms with van der Waals surface area (Å²) in [5, 5.41) is 9.29. The number of hydrogen-bond donors (Lipinski definition) is 0. The second-order valence-corrected chi connectivity index (χ2v) is 9.59. The lowest BCUT2D eigenvalue weighted by Crippen LogP contribution is -2.35. The van der Waals surface area contributed by atoms with E-state index in [4.69, 9.17) is 21.6 Å². The Hall–Kier alpha value is -2.93. The number of carbonyl (C=O) groups is 2. The molecule has 2 aromatic carbocycles. The zero-order chi connectivity index (χ0) is 23.9. The van der Waals surface area contributed by atoms with Crippen molar-refractivity contribution in [1.82, 2.24) is 4.31 Å². The average Bonchev–Trinajstić information content (AvgIpc) is 2.77. The van der Waals surface area contributed by atoms with E-state index < -0.39 is 28.5 Å². The number of halogens is 1. The lowest BCUT2D eigenvalue weighted by Gasteiger charge is -2.22. The third-order valence-electron chi connectivity index (χ3n) is 4.67. The van der Waals surface area contributed by atoms with E-state index in [-0.39, 0.29) is 29.5 Å². The van der Waals surface area contributed by atoms with E-state index in [2.05, 4.69) is 0 Å². The fourth-order valence-electron chi connectivity index (χ4n) is 2.72. The highest BCUT2D eigenvalue weighted by molar-refractivity contribution is 7.89. The third kappa shape index (κ3) is 6.29. The Balaban J connectivity index is 2.15. The SMILES string of the molecule is CC(C)N(C)S(=O)(=O)c1cccc(C(=O)OCC(=O)N(CCC#N)c2cccc(Cl)c2)c1. The molecule has 0 atom stereocenters. The summed E-state index contributed by atoms with van der Waals surface area (Å²) in [5.41, 5.74) is 0.473. The highest BCUT2D eigenvalue weighted by Gasteiger charge is 2.24. The van der Waals surface area contributed by atoms with Gasteiger partial charge in [-0.05, 0) is 50.2 Å². The van der Waals surface area contributed by atoms with Gasteiger partial charge in [0.1, 0.15) is 0 Å². The van der Waals surface area contributed by atoms with Crippen molar-refractivity contribution in [1.29, 1.82) is 5.26 Å². The largest absolute Gasteiger partial charge is 0.452 e. The molecule has 0 spiro atoms. The van der Waals surface area contributed by atoms with Crippen molar-refractivity contribution in [3.8, 4) is 6.07 Å². The van der Waals surface area contributed by atoms with Gasteiger partial charge in [-0.2, -0.15) is 9.57 Å². The number of rotatable bonds is 9. The molecule has 10 heteroatoms. The van der Waals surface area contributed by atoms with Gasteiger partial charge in [0.15, 0.2) is 6.61 Å². The first-order valence-corrected chi connectivity index (χ1v) is 11.6. The maximum Gasteiger partial charge on any atom is 0.338 e. The molecule has 0 radical (unpaired) electrons. The molecule has 8 nitrogen and oxygen atoms in total. The van der Waals surface area contributed by atoms with Crippen LogP contribution in [-0.4, -0.2) is 50.8 Å². The molecular weight excluding hydrogens is 454 g/mol. The molecule has 0 unspecified atom stereocenters. The molecule has 0 aliphatic carbocycles. The van der Waals surface area contributed by atoms with Gasteiger partial charge in [-0.1, -0.05) is 23.7 Å². The summed E-state index contributed by atoms with van der Waals surface area (Å²) < 4.78 is 31.6. The van der Waals surface area contributed by atoms with Crippen LogP contribution < -0.4 is 4.90 Å². The van der Waals surface area contributed by atoms with Crippen LogP contribution in [0.15, 0.2) is 53.4 Å². The number of carbonyl (C=O) groups excluding carboxylic acids is 2. The first kappa shape index (κ1) is 25.3. The van der Waals surface area contributed by atoms with Crippen LogP contribution in [0.1, 0.15) is 30.6 Å². The highest BCUT2D eigenvalue weighted by Crippen LogP contribution is 2.21.